The highest BCUT2D eigenvalue weighted by Crippen LogP contribution is 2.18. The second-order valence-corrected chi connectivity index (χ2v) is 5.18. The fourth-order valence-corrected chi connectivity index (χ4v) is 2.15. The molecule has 0 aliphatic carbocycles. The molecule has 23 heavy (non-hydrogen) atoms. The van der Waals surface area contributed by atoms with E-state index in [1.165, 1.54) is 0 Å². The van der Waals surface area contributed by atoms with Crippen LogP contribution >= 0.6 is 12.4 Å². The van der Waals surface area contributed by atoms with Gasteiger partial charge < -0.3 is 15.8 Å². The Bertz CT molecular complexity index is 578. The zero-order chi connectivity index (χ0) is 15.8. The Kier molecular flexibility index (Phi) is 8.16. The van der Waals surface area contributed by atoms with Gasteiger partial charge in [-0.15, -0.1) is 12.4 Å². The molecule has 0 saturated heterocycles. The fraction of sp³-hybridized carbons (Fsp3) is 0.278. The lowest BCUT2D eigenvalue weighted by atomic mass is 9.95. The quantitative estimate of drug-likeness (QED) is 0.765. The number of nitrogens with one attached hydrogen (secondary N) is 1. The molecule has 0 aliphatic heterocycles. The van der Waals surface area contributed by atoms with Gasteiger partial charge in [0.1, 0.15) is 12.4 Å². The zero-order valence-corrected chi connectivity index (χ0v) is 14.0. The molecule has 1 amide bonds. The molecular weight excluding hydrogens is 312 g/mol. The van der Waals surface area contributed by atoms with Crippen LogP contribution in [0.3, 0.4) is 0 Å². The van der Waals surface area contributed by atoms with Gasteiger partial charge in [-0.25, -0.2) is 0 Å². The van der Waals surface area contributed by atoms with E-state index in [0.717, 1.165) is 11.3 Å². The summed E-state index contributed by atoms with van der Waals surface area (Å²) in [5, 5.41) is 2.86. The van der Waals surface area contributed by atoms with E-state index in [0.29, 0.717) is 13.2 Å². The van der Waals surface area contributed by atoms with Crippen molar-refractivity contribution in [1.82, 2.24) is 5.32 Å². The molecule has 2 rings (SSSR count). The second kappa shape index (κ2) is 9.87. The molecule has 2 aromatic carbocycles. The Labute approximate surface area is 143 Å². The average molecular weight is 335 g/mol. The van der Waals surface area contributed by atoms with E-state index in [1.54, 1.807) is 0 Å². The number of carbonyl (C=O) groups excluding carboxylic acids is 1. The molecule has 0 spiro atoms. The SMILES string of the molecule is CC(C(=O)NCCOc1ccccc1)C(N)c1ccccc1.Cl. The van der Waals surface area contributed by atoms with Crippen LogP contribution in [0, 0.1) is 5.92 Å². The van der Waals surface area contributed by atoms with Crippen LogP contribution in [0.2, 0.25) is 0 Å². The maximum absolute atomic E-state index is 12.1. The molecule has 124 valence electrons. The summed E-state index contributed by atoms with van der Waals surface area (Å²) < 4.78 is 5.54. The average Bonchev–Trinajstić information content (AvgIpc) is 2.59. The highest BCUT2D eigenvalue weighted by molar-refractivity contribution is 5.85. The highest BCUT2D eigenvalue weighted by Gasteiger charge is 2.21. The van der Waals surface area contributed by atoms with Crippen molar-refractivity contribution >= 4 is 18.3 Å². The van der Waals surface area contributed by atoms with Crippen LogP contribution in [0.15, 0.2) is 60.7 Å². The fourth-order valence-electron chi connectivity index (χ4n) is 2.15. The van der Waals surface area contributed by atoms with E-state index in [9.17, 15) is 4.79 Å². The predicted molar refractivity (Wildman–Crippen MR) is 94.7 cm³/mol. The topological polar surface area (TPSA) is 64.3 Å². The van der Waals surface area contributed by atoms with Crippen LogP contribution in [0.25, 0.3) is 0 Å². The number of amides is 1. The van der Waals surface area contributed by atoms with Crippen LogP contribution in [0.5, 0.6) is 5.75 Å². The van der Waals surface area contributed by atoms with Crippen molar-refractivity contribution in [3.63, 3.8) is 0 Å². The molecule has 0 aromatic heterocycles. The van der Waals surface area contributed by atoms with Crippen molar-refractivity contribution in [2.45, 2.75) is 13.0 Å². The van der Waals surface area contributed by atoms with Crippen LogP contribution < -0.4 is 15.8 Å². The van der Waals surface area contributed by atoms with Gasteiger partial charge in [0.2, 0.25) is 5.91 Å². The first-order valence-corrected chi connectivity index (χ1v) is 7.44. The number of hydrogen-bond donors (Lipinski definition) is 2. The maximum atomic E-state index is 12.1. The van der Waals surface area contributed by atoms with Gasteiger partial charge in [-0.3, -0.25) is 4.79 Å². The molecule has 0 heterocycles. The molecule has 4 nitrogen and oxygen atoms in total. The van der Waals surface area contributed by atoms with E-state index in [-0.39, 0.29) is 30.3 Å². The van der Waals surface area contributed by atoms with Gasteiger partial charge in [0.05, 0.1) is 12.5 Å². The number of nitrogens with two attached hydrogens (primary N) is 1. The largest absolute Gasteiger partial charge is 0.492 e. The van der Waals surface area contributed by atoms with Crippen molar-refractivity contribution in [2.75, 3.05) is 13.2 Å². The molecular formula is C18H23ClN2O2. The number of ether oxygens (including phenoxy) is 1. The van der Waals surface area contributed by atoms with Gasteiger partial charge in [-0.2, -0.15) is 0 Å². The molecule has 2 atom stereocenters. The summed E-state index contributed by atoms with van der Waals surface area (Å²) in [6.07, 6.45) is 0. The third kappa shape index (κ3) is 5.93. The van der Waals surface area contributed by atoms with Crippen molar-refractivity contribution in [3.8, 4) is 5.75 Å². The van der Waals surface area contributed by atoms with Crippen molar-refractivity contribution < 1.29 is 9.53 Å². The van der Waals surface area contributed by atoms with Gasteiger partial charge in [0, 0.05) is 6.04 Å². The number of benzene rings is 2. The molecule has 5 heteroatoms. The normalized spacial score (nSPS) is 12.6. The monoisotopic (exact) mass is 334 g/mol. The first-order chi connectivity index (χ1) is 10.7. The van der Waals surface area contributed by atoms with Gasteiger partial charge in [0.15, 0.2) is 0 Å². The summed E-state index contributed by atoms with van der Waals surface area (Å²) >= 11 is 0. The molecule has 0 radical (unpaired) electrons. The minimum atomic E-state index is -0.309. The molecule has 0 saturated carbocycles. The molecule has 2 aromatic rings. The predicted octanol–water partition coefficient (Wildman–Crippen LogP) is 2.94. The number of para-hydroxylation sites is 1. The van der Waals surface area contributed by atoms with E-state index < -0.39 is 0 Å². The molecule has 0 fully saturated rings. The van der Waals surface area contributed by atoms with E-state index in [1.807, 2.05) is 67.6 Å². The standard InChI is InChI=1S/C18H22N2O2.ClH/c1-14(17(19)15-8-4-2-5-9-15)18(21)20-12-13-22-16-10-6-3-7-11-16;/h2-11,14,17H,12-13,19H2,1H3,(H,20,21);1H. The summed E-state index contributed by atoms with van der Waals surface area (Å²) in [4.78, 5) is 12.1. The minimum Gasteiger partial charge on any atom is -0.492 e. The number of carbonyl (C=O) groups is 1. The first kappa shape index (κ1) is 19.0. The lowest BCUT2D eigenvalue weighted by molar-refractivity contribution is -0.125. The van der Waals surface area contributed by atoms with E-state index in [2.05, 4.69) is 5.32 Å². The van der Waals surface area contributed by atoms with Gasteiger partial charge in [-0.05, 0) is 17.7 Å². The summed E-state index contributed by atoms with van der Waals surface area (Å²) in [6.45, 7) is 2.73. The molecule has 2 unspecified atom stereocenters. The van der Waals surface area contributed by atoms with E-state index in [4.69, 9.17) is 10.5 Å². The van der Waals surface area contributed by atoms with Crippen molar-refractivity contribution in [2.24, 2.45) is 11.7 Å². The molecule has 0 bridgehead atoms. The Morgan fingerprint density at radius 1 is 1.09 bits per heavy atom. The Morgan fingerprint density at radius 2 is 1.65 bits per heavy atom. The first-order valence-electron chi connectivity index (χ1n) is 7.44. The van der Waals surface area contributed by atoms with Crippen LogP contribution in [-0.2, 0) is 4.79 Å². The van der Waals surface area contributed by atoms with E-state index >= 15 is 0 Å². The third-order valence-electron chi connectivity index (χ3n) is 3.55. The van der Waals surface area contributed by atoms with Crippen LogP contribution in [0.4, 0.5) is 0 Å². The summed E-state index contributed by atoms with van der Waals surface area (Å²) in [7, 11) is 0. The lowest BCUT2D eigenvalue weighted by Crippen LogP contribution is -2.37. The Hall–Kier alpha value is -2.04. The lowest BCUT2D eigenvalue weighted by Gasteiger charge is -2.19. The highest BCUT2D eigenvalue weighted by atomic mass is 35.5. The molecule has 3 N–H and O–H groups in total. The van der Waals surface area contributed by atoms with Gasteiger partial charge >= 0.3 is 0 Å². The van der Waals surface area contributed by atoms with Crippen molar-refractivity contribution in [3.05, 3.63) is 66.2 Å². The summed E-state index contributed by atoms with van der Waals surface area (Å²) in [6, 6.07) is 18.9. The Balaban J connectivity index is 0.00000264. The van der Waals surface area contributed by atoms with Crippen LogP contribution in [0.1, 0.15) is 18.5 Å². The summed E-state index contributed by atoms with van der Waals surface area (Å²) in [5.41, 5.74) is 7.11. The Morgan fingerprint density at radius 3 is 2.26 bits per heavy atom. The van der Waals surface area contributed by atoms with Gasteiger partial charge in [-0.1, -0.05) is 55.5 Å². The smallest absolute Gasteiger partial charge is 0.224 e. The number of halogens is 1. The summed E-state index contributed by atoms with van der Waals surface area (Å²) in [5.74, 6) is 0.443. The number of rotatable bonds is 7. The van der Waals surface area contributed by atoms with Crippen LogP contribution in [-0.4, -0.2) is 19.1 Å². The third-order valence-corrected chi connectivity index (χ3v) is 3.55. The molecule has 0 aliphatic rings. The van der Waals surface area contributed by atoms with Crippen molar-refractivity contribution in [1.29, 1.82) is 0 Å². The second-order valence-electron chi connectivity index (χ2n) is 5.18. The maximum Gasteiger partial charge on any atom is 0.224 e. The zero-order valence-electron chi connectivity index (χ0n) is 13.1. The number of hydrogen-bond acceptors (Lipinski definition) is 3. The van der Waals surface area contributed by atoms with Gasteiger partial charge in [0.25, 0.3) is 0 Å². The minimum absolute atomic E-state index is 0.